The number of aryl methyl sites for hydroxylation is 1. The van der Waals surface area contributed by atoms with E-state index in [2.05, 4.69) is 10.1 Å². The molecule has 1 aromatic carbocycles. The topological polar surface area (TPSA) is 65.2 Å². The summed E-state index contributed by atoms with van der Waals surface area (Å²) in [6.45, 7) is 1.86. The lowest BCUT2D eigenvalue weighted by Crippen LogP contribution is -1.98. The second kappa shape index (κ2) is 4.97. The second-order valence-electron chi connectivity index (χ2n) is 3.33. The van der Waals surface area contributed by atoms with Crippen LogP contribution < -0.4 is 4.74 Å². The first-order valence-corrected chi connectivity index (χ1v) is 5.23. The van der Waals surface area contributed by atoms with Crippen LogP contribution >= 0.6 is 11.6 Å². The van der Waals surface area contributed by atoms with E-state index in [1.807, 2.05) is 0 Å². The van der Waals surface area contributed by atoms with Crippen LogP contribution in [0.15, 0.2) is 22.7 Å². The number of hydrogen-bond donors (Lipinski definition) is 0. The number of aromatic nitrogens is 2. The van der Waals surface area contributed by atoms with Gasteiger partial charge in [0.05, 0.1) is 5.02 Å². The van der Waals surface area contributed by atoms with Gasteiger partial charge in [-0.2, -0.15) is 4.98 Å². The standard InChI is InChI=1S/C11H9ClN2O3/c1-7-13-11(14-17-7)6-16-10-3-2-8(5-15)4-9(10)12/h2-5H,6H2,1H3. The van der Waals surface area contributed by atoms with Crippen LogP contribution in [0.1, 0.15) is 22.1 Å². The van der Waals surface area contributed by atoms with Gasteiger partial charge in [0.25, 0.3) is 0 Å². The summed E-state index contributed by atoms with van der Waals surface area (Å²) in [5, 5.41) is 4.05. The molecule has 0 bridgehead atoms. The van der Waals surface area contributed by atoms with Crippen molar-refractivity contribution >= 4 is 17.9 Å². The van der Waals surface area contributed by atoms with E-state index >= 15 is 0 Å². The van der Waals surface area contributed by atoms with E-state index in [1.165, 1.54) is 6.07 Å². The molecule has 0 saturated heterocycles. The number of carbonyl (C=O) groups is 1. The van der Waals surface area contributed by atoms with Crippen molar-refractivity contribution in [1.29, 1.82) is 0 Å². The van der Waals surface area contributed by atoms with E-state index in [0.717, 1.165) is 6.29 Å². The van der Waals surface area contributed by atoms with Gasteiger partial charge in [0.1, 0.15) is 12.0 Å². The van der Waals surface area contributed by atoms with Gasteiger partial charge in [-0.05, 0) is 18.2 Å². The smallest absolute Gasteiger partial charge is 0.223 e. The number of nitrogens with zero attached hydrogens (tertiary/aromatic N) is 2. The molecule has 0 saturated carbocycles. The molecular weight excluding hydrogens is 244 g/mol. The maximum absolute atomic E-state index is 10.5. The average Bonchev–Trinajstić information content (AvgIpc) is 2.73. The minimum atomic E-state index is 0.164. The summed E-state index contributed by atoms with van der Waals surface area (Å²) in [6.07, 6.45) is 0.720. The zero-order chi connectivity index (χ0) is 12.3. The number of hydrogen-bond acceptors (Lipinski definition) is 5. The Bertz CT molecular complexity index is 539. The number of benzene rings is 1. The van der Waals surface area contributed by atoms with E-state index in [1.54, 1.807) is 19.1 Å². The highest BCUT2D eigenvalue weighted by Gasteiger charge is 2.06. The molecule has 0 amide bonds. The molecule has 6 heteroatoms. The zero-order valence-electron chi connectivity index (χ0n) is 9.01. The molecule has 1 heterocycles. The molecule has 0 fully saturated rings. The van der Waals surface area contributed by atoms with Crippen LogP contribution in [0.4, 0.5) is 0 Å². The molecule has 2 aromatic rings. The molecule has 0 aliphatic rings. The number of aldehydes is 1. The van der Waals surface area contributed by atoms with Crippen molar-refractivity contribution in [3.63, 3.8) is 0 Å². The predicted octanol–water partition coefficient (Wildman–Crippen LogP) is 2.42. The third kappa shape index (κ3) is 2.82. The summed E-state index contributed by atoms with van der Waals surface area (Å²) in [7, 11) is 0. The number of halogens is 1. The Kier molecular flexibility index (Phi) is 3.39. The van der Waals surface area contributed by atoms with E-state index in [4.69, 9.17) is 20.9 Å². The fraction of sp³-hybridized carbons (Fsp3) is 0.182. The second-order valence-corrected chi connectivity index (χ2v) is 3.73. The van der Waals surface area contributed by atoms with Crippen molar-refractivity contribution in [1.82, 2.24) is 10.1 Å². The van der Waals surface area contributed by atoms with E-state index < -0.39 is 0 Å². The molecule has 2 rings (SSSR count). The zero-order valence-corrected chi connectivity index (χ0v) is 9.77. The Morgan fingerprint density at radius 2 is 2.35 bits per heavy atom. The Balaban J connectivity index is 2.06. The van der Waals surface area contributed by atoms with Crippen LogP contribution in [0.2, 0.25) is 5.02 Å². The molecule has 0 aliphatic carbocycles. The van der Waals surface area contributed by atoms with E-state index in [9.17, 15) is 4.79 Å². The maximum atomic E-state index is 10.5. The van der Waals surface area contributed by atoms with Gasteiger partial charge in [-0.3, -0.25) is 4.79 Å². The first-order chi connectivity index (χ1) is 8.19. The summed E-state index contributed by atoms with van der Waals surface area (Å²) >= 11 is 5.93. The summed E-state index contributed by atoms with van der Waals surface area (Å²) in [4.78, 5) is 14.5. The van der Waals surface area contributed by atoms with E-state index in [-0.39, 0.29) is 6.61 Å². The summed E-state index contributed by atoms with van der Waals surface area (Å²) in [5.41, 5.74) is 0.498. The molecule has 5 nitrogen and oxygen atoms in total. The van der Waals surface area contributed by atoms with Crippen LogP contribution in [0.25, 0.3) is 0 Å². The molecule has 88 valence electrons. The van der Waals surface area contributed by atoms with Gasteiger partial charge in [-0.25, -0.2) is 0 Å². The number of carbonyl (C=O) groups excluding carboxylic acids is 1. The molecular formula is C11H9ClN2O3. The summed E-state index contributed by atoms with van der Waals surface area (Å²) in [5.74, 6) is 1.39. The van der Waals surface area contributed by atoms with Crippen LogP contribution in [-0.4, -0.2) is 16.4 Å². The fourth-order valence-electron chi connectivity index (χ4n) is 1.25. The van der Waals surface area contributed by atoms with Crippen LogP contribution in [0.5, 0.6) is 5.75 Å². The Labute approximate surface area is 102 Å². The van der Waals surface area contributed by atoms with Gasteiger partial charge in [0, 0.05) is 12.5 Å². The van der Waals surface area contributed by atoms with Gasteiger partial charge in [0.2, 0.25) is 11.7 Å². The molecule has 0 aliphatic heterocycles. The highest BCUT2D eigenvalue weighted by Crippen LogP contribution is 2.25. The minimum Gasteiger partial charge on any atom is -0.484 e. The normalized spacial score (nSPS) is 10.2. The number of rotatable bonds is 4. The van der Waals surface area contributed by atoms with Crippen LogP contribution in [-0.2, 0) is 6.61 Å². The quantitative estimate of drug-likeness (QED) is 0.782. The monoisotopic (exact) mass is 252 g/mol. The van der Waals surface area contributed by atoms with Crippen molar-refractivity contribution in [2.45, 2.75) is 13.5 Å². The van der Waals surface area contributed by atoms with Gasteiger partial charge < -0.3 is 9.26 Å². The molecule has 0 radical (unpaired) electrons. The van der Waals surface area contributed by atoms with Gasteiger partial charge in [0.15, 0.2) is 6.61 Å². The SMILES string of the molecule is Cc1nc(COc2ccc(C=O)cc2Cl)no1. The first kappa shape index (κ1) is 11.6. The van der Waals surface area contributed by atoms with Crippen molar-refractivity contribution < 1.29 is 14.1 Å². The van der Waals surface area contributed by atoms with Crippen molar-refractivity contribution in [2.75, 3.05) is 0 Å². The Morgan fingerprint density at radius 3 is 2.94 bits per heavy atom. The van der Waals surface area contributed by atoms with Crippen molar-refractivity contribution in [2.24, 2.45) is 0 Å². The average molecular weight is 253 g/mol. The lowest BCUT2D eigenvalue weighted by atomic mass is 10.2. The van der Waals surface area contributed by atoms with Crippen LogP contribution in [0, 0.1) is 6.92 Å². The van der Waals surface area contributed by atoms with Gasteiger partial charge >= 0.3 is 0 Å². The lowest BCUT2D eigenvalue weighted by Gasteiger charge is -2.05. The highest BCUT2D eigenvalue weighted by atomic mass is 35.5. The Hall–Kier alpha value is -1.88. The third-order valence-corrected chi connectivity index (χ3v) is 2.31. The Morgan fingerprint density at radius 1 is 1.53 bits per heavy atom. The van der Waals surface area contributed by atoms with Crippen LogP contribution in [0.3, 0.4) is 0 Å². The predicted molar refractivity (Wildman–Crippen MR) is 60.2 cm³/mol. The number of ether oxygens (including phenoxy) is 1. The third-order valence-electron chi connectivity index (χ3n) is 2.02. The molecule has 0 N–H and O–H groups in total. The van der Waals surface area contributed by atoms with Crippen molar-refractivity contribution in [3.05, 3.63) is 40.5 Å². The maximum Gasteiger partial charge on any atom is 0.223 e. The summed E-state index contributed by atoms with van der Waals surface area (Å²) < 4.78 is 10.2. The molecule has 0 spiro atoms. The highest BCUT2D eigenvalue weighted by molar-refractivity contribution is 6.32. The molecule has 0 unspecified atom stereocenters. The van der Waals surface area contributed by atoms with Gasteiger partial charge in [-0.15, -0.1) is 0 Å². The molecule has 17 heavy (non-hydrogen) atoms. The van der Waals surface area contributed by atoms with Gasteiger partial charge in [-0.1, -0.05) is 16.8 Å². The summed E-state index contributed by atoms with van der Waals surface area (Å²) in [6, 6.07) is 4.78. The fourth-order valence-corrected chi connectivity index (χ4v) is 1.49. The minimum absolute atomic E-state index is 0.164. The molecule has 0 atom stereocenters. The van der Waals surface area contributed by atoms with Crippen molar-refractivity contribution in [3.8, 4) is 5.75 Å². The molecule has 1 aromatic heterocycles. The van der Waals surface area contributed by atoms with E-state index in [0.29, 0.717) is 28.1 Å². The largest absolute Gasteiger partial charge is 0.484 e. The lowest BCUT2D eigenvalue weighted by molar-refractivity contribution is 0.112. The first-order valence-electron chi connectivity index (χ1n) is 4.86.